The molecule has 1 saturated carbocycles. The first-order valence-corrected chi connectivity index (χ1v) is 8.67. The van der Waals surface area contributed by atoms with Crippen molar-refractivity contribution in [3.63, 3.8) is 0 Å². The summed E-state index contributed by atoms with van der Waals surface area (Å²) in [7, 11) is 0. The average Bonchev–Trinajstić information content (AvgIpc) is 2.77. The van der Waals surface area contributed by atoms with Crippen LogP contribution in [0.25, 0.3) is 0 Å². The zero-order valence-electron chi connectivity index (χ0n) is 13.3. The van der Waals surface area contributed by atoms with Crippen molar-refractivity contribution in [3.05, 3.63) is 35.4 Å². The maximum atomic E-state index is 3.83. The van der Waals surface area contributed by atoms with E-state index in [4.69, 9.17) is 0 Å². The van der Waals surface area contributed by atoms with Crippen LogP contribution in [0.2, 0.25) is 0 Å². The summed E-state index contributed by atoms with van der Waals surface area (Å²) in [6.07, 6.45) is 10.9. The molecule has 1 atom stereocenters. The molecule has 1 fully saturated rings. The number of aryl methyl sites for hydroxylation is 1. The molecular weight excluding hydrogens is 242 g/mol. The Kier molecular flexibility index (Phi) is 6.59. The zero-order valence-corrected chi connectivity index (χ0v) is 13.3. The summed E-state index contributed by atoms with van der Waals surface area (Å²) in [4.78, 5) is 0. The van der Waals surface area contributed by atoms with Crippen molar-refractivity contribution in [2.75, 3.05) is 6.54 Å². The lowest BCUT2D eigenvalue weighted by atomic mass is 9.86. The third-order valence-electron chi connectivity index (χ3n) is 4.70. The molecule has 1 unspecified atom stereocenters. The Labute approximate surface area is 125 Å². The second kappa shape index (κ2) is 8.46. The summed E-state index contributed by atoms with van der Waals surface area (Å²) in [5.41, 5.74) is 2.99. The maximum absolute atomic E-state index is 3.83. The van der Waals surface area contributed by atoms with Gasteiger partial charge in [-0.15, -0.1) is 0 Å². The largest absolute Gasteiger partial charge is 0.310 e. The molecule has 0 bridgehead atoms. The van der Waals surface area contributed by atoms with E-state index in [1.165, 1.54) is 56.1 Å². The molecule has 0 spiro atoms. The molecule has 0 amide bonds. The molecule has 0 radical (unpaired) electrons. The van der Waals surface area contributed by atoms with Crippen molar-refractivity contribution in [1.82, 2.24) is 5.32 Å². The molecule has 0 aliphatic heterocycles. The first-order valence-electron chi connectivity index (χ1n) is 8.67. The first-order chi connectivity index (χ1) is 9.85. The van der Waals surface area contributed by atoms with E-state index in [1.54, 1.807) is 0 Å². The van der Waals surface area contributed by atoms with E-state index in [0.29, 0.717) is 6.04 Å². The third kappa shape index (κ3) is 4.34. The summed E-state index contributed by atoms with van der Waals surface area (Å²) < 4.78 is 0. The van der Waals surface area contributed by atoms with E-state index in [9.17, 15) is 0 Å². The molecular formula is C19H31N. The zero-order chi connectivity index (χ0) is 14.2. The number of hydrogen-bond acceptors (Lipinski definition) is 1. The molecule has 0 aromatic heterocycles. The fourth-order valence-electron chi connectivity index (χ4n) is 3.51. The lowest BCUT2D eigenvalue weighted by Crippen LogP contribution is -2.29. The van der Waals surface area contributed by atoms with Crippen LogP contribution in [0.4, 0.5) is 0 Å². The van der Waals surface area contributed by atoms with Gasteiger partial charge in [0.15, 0.2) is 0 Å². The van der Waals surface area contributed by atoms with E-state index in [2.05, 4.69) is 43.4 Å². The van der Waals surface area contributed by atoms with E-state index < -0.39 is 0 Å². The first kappa shape index (κ1) is 15.6. The normalized spacial score (nSPS) is 18.7. The highest BCUT2D eigenvalue weighted by Gasteiger charge is 2.23. The predicted octanol–water partition coefficient (Wildman–Crippen LogP) is 5.26. The Bertz CT molecular complexity index is 377. The van der Waals surface area contributed by atoms with E-state index >= 15 is 0 Å². The van der Waals surface area contributed by atoms with Gasteiger partial charge in [0, 0.05) is 6.04 Å². The van der Waals surface area contributed by atoms with Crippen LogP contribution in [0.3, 0.4) is 0 Å². The molecule has 1 aromatic carbocycles. The molecule has 1 aliphatic carbocycles. The van der Waals surface area contributed by atoms with Crippen molar-refractivity contribution in [1.29, 1.82) is 0 Å². The van der Waals surface area contributed by atoms with Gasteiger partial charge in [-0.05, 0) is 49.3 Å². The van der Waals surface area contributed by atoms with Gasteiger partial charge in [-0.25, -0.2) is 0 Å². The molecule has 1 aromatic rings. The van der Waals surface area contributed by atoms with E-state index in [1.807, 2.05) is 0 Å². The Balaban J connectivity index is 2.15. The number of benzene rings is 1. The molecule has 1 heteroatoms. The smallest absolute Gasteiger partial charge is 0.0348 e. The fourth-order valence-corrected chi connectivity index (χ4v) is 3.51. The van der Waals surface area contributed by atoms with Gasteiger partial charge in [0.05, 0.1) is 0 Å². The molecule has 1 nitrogen and oxygen atoms in total. The molecule has 20 heavy (non-hydrogen) atoms. The Morgan fingerprint density at radius 1 is 1.10 bits per heavy atom. The lowest BCUT2D eigenvalue weighted by Gasteiger charge is -2.28. The molecule has 112 valence electrons. The minimum atomic E-state index is 0.569. The van der Waals surface area contributed by atoms with Crippen LogP contribution in [0.1, 0.15) is 76.0 Å². The highest BCUT2D eigenvalue weighted by molar-refractivity contribution is 5.26. The molecule has 1 aliphatic rings. The average molecular weight is 273 g/mol. The van der Waals surface area contributed by atoms with Crippen LogP contribution >= 0.6 is 0 Å². The number of nitrogens with one attached hydrogen (secondary N) is 1. The van der Waals surface area contributed by atoms with Gasteiger partial charge in [0.1, 0.15) is 0 Å². The summed E-state index contributed by atoms with van der Waals surface area (Å²) in [6.45, 7) is 5.65. The minimum absolute atomic E-state index is 0.569. The predicted molar refractivity (Wildman–Crippen MR) is 88.0 cm³/mol. The van der Waals surface area contributed by atoms with E-state index in [-0.39, 0.29) is 0 Å². The van der Waals surface area contributed by atoms with E-state index in [0.717, 1.165) is 18.9 Å². The molecule has 2 rings (SSSR count). The van der Waals surface area contributed by atoms with Crippen molar-refractivity contribution >= 4 is 0 Å². The highest BCUT2D eigenvalue weighted by Crippen LogP contribution is 2.33. The second-order valence-electron chi connectivity index (χ2n) is 6.28. The quantitative estimate of drug-likeness (QED) is 0.697. The lowest BCUT2D eigenvalue weighted by molar-refractivity contribution is 0.325. The van der Waals surface area contributed by atoms with Crippen molar-refractivity contribution in [2.24, 2.45) is 5.92 Å². The van der Waals surface area contributed by atoms with Crippen LogP contribution < -0.4 is 5.32 Å². The fraction of sp³-hybridized carbons (Fsp3) is 0.684. The highest BCUT2D eigenvalue weighted by atomic mass is 14.9. The number of rotatable bonds is 6. The Morgan fingerprint density at radius 2 is 1.85 bits per heavy atom. The minimum Gasteiger partial charge on any atom is -0.310 e. The van der Waals surface area contributed by atoms with Gasteiger partial charge in [-0.2, -0.15) is 0 Å². The van der Waals surface area contributed by atoms with Crippen LogP contribution in [-0.4, -0.2) is 6.54 Å². The standard InChI is InChI=1S/C19H31N/c1-3-14-20-19(17-11-7-5-6-8-12-17)18-13-9-10-16(4-2)15-18/h9-10,13,15,17,19-20H,3-8,11-12,14H2,1-2H3. The van der Waals surface area contributed by atoms with Gasteiger partial charge in [-0.1, -0.05) is 63.8 Å². The third-order valence-corrected chi connectivity index (χ3v) is 4.70. The molecule has 1 N–H and O–H groups in total. The van der Waals surface area contributed by atoms with Crippen LogP contribution in [0.15, 0.2) is 24.3 Å². The Hall–Kier alpha value is -0.820. The summed E-state index contributed by atoms with van der Waals surface area (Å²) >= 11 is 0. The van der Waals surface area contributed by atoms with Crippen LogP contribution in [-0.2, 0) is 6.42 Å². The monoisotopic (exact) mass is 273 g/mol. The van der Waals surface area contributed by atoms with Crippen LogP contribution in [0.5, 0.6) is 0 Å². The maximum Gasteiger partial charge on any atom is 0.0348 e. The van der Waals surface area contributed by atoms with Gasteiger partial charge in [0.2, 0.25) is 0 Å². The van der Waals surface area contributed by atoms with Gasteiger partial charge in [0.25, 0.3) is 0 Å². The van der Waals surface area contributed by atoms with Gasteiger partial charge in [-0.3, -0.25) is 0 Å². The SMILES string of the molecule is CCCNC(c1cccc(CC)c1)C1CCCCCC1. The van der Waals surface area contributed by atoms with Crippen LogP contribution in [0, 0.1) is 5.92 Å². The van der Waals surface area contributed by atoms with Gasteiger partial charge >= 0.3 is 0 Å². The van der Waals surface area contributed by atoms with Crippen molar-refractivity contribution < 1.29 is 0 Å². The summed E-state index contributed by atoms with van der Waals surface area (Å²) in [5.74, 6) is 0.830. The van der Waals surface area contributed by atoms with Gasteiger partial charge < -0.3 is 5.32 Å². The molecule has 0 saturated heterocycles. The summed E-state index contributed by atoms with van der Waals surface area (Å²) in [5, 5.41) is 3.83. The number of hydrogen-bond donors (Lipinski definition) is 1. The second-order valence-corrected chi connectivity index (χ2v) is 6.28. The topological polar surface area (TPSA) is 12.0 Å². The molecule has 0 heterocycles. The summed E-state index contributed by atoms with van der Waals surface area (Å²) in [6, 6.07) is 9.83. The Morgan fingerprint density at radius 3 is 2.50 bits per heavy atom. The van der Waals surface area contributed by atoms with Crippen molar-refractivity contribution in [2.45, 2.75) is 71.3 Å². The van der Waals surface area contributed by atoms with Crippen molar-refractivity contribution in [3.8, 4) is 0 Å².